The number of pyridine rings is 1. The highest BCUT2D eigenvalue weighted by Crippen LogP contribution is 2.27. The van der Waals surface area contributed by atoms with Gasteiger partial charge >= 0.3 is 5.97 Å². The van der Waals surface area contributed by atoms with Gasteiger partial charge in [0.05, 0.1) is 5.56 Å². The van der Waals surface area contributed by atoms with E-state index in [1.807, 2.05) is 32.8 Å². The van der Waals surface area contributed by atoms with Crippen LogP contribution in [0.25, 0.3) is 0 Å². The van der Waals surface area contributed by atoms with Crippen molar-refractivity contribution in [1.82, 2.24) is 15.2 Å². The Morgan fingerprint density at radius 2 is 2.12 bits per heavy atom. The number of hydrogen-bond acceptors (Lipinski definition) is 6. The number of hydrogen-bond donors (Lipinski definition) is 1. The van der Waals surface area contributed by atoms with Crippen molar-refractivity contribution in [2.45, 2.75) is 26.3 Å². The first-order valence-corrected chi connectivity index (χ1v) is 7.94. The van der Waals surface area contributed by atoms with Crippen LogP contribution in [-0.2, 0) is 9.53 Å². The molecule has 0 fully saturated rings. The van der Waals surface area contributed by atoms with Crippen LogP contribution in [0.4, 0.5) is 0 Å². The van der Waals surface area contributed by atoms with Crippen molar-refractivity contribution in [2.75, 3.05) is 27.2 Å². The van der Waals surface area contributed by atoms with Gasteiger partial charge in [0.2, 0.25) is 0 Å². The molecule has 0 aliphatic carbocycles. The third-order valence-corrected chi connectivity index (χ3v) is 4.18. The average Bonchev–Trinajstić information content (AvgIpc) is 2.83. The number of carbonyl (C=O) groups excluding carboxylic acids is 2. The van der Waals surface area contributed by atoms with Crippen LogP contribution in [0.1, 0.15) is 36.8 Å². The van der Waals surface area contributed by atoms with Gasteiger partial charge in [0.15, 0.2) is 5.84 Å². The second kappa shape index (κ2) is 7.09. The Morgan fingerprint density at radius 3 is 2.71 bits per heavy atom. The van der Waals surface area contributed by atoms with E-state index in [2.05, 4.69) is 15.3 Å². The molecule has 1 aromatic rings. The number of aromatic nitrogens is 1. The minimum atomic E-state index is -0.862. The molecule has 0 spiro atoms. The molecule has 0 bridgehead atoms. The van der Waals surface area contributed by atoms with Crippen LogP contribution in [0.5, 0.6) is 0 Å². The molecular formula is C17H24N4O3. The Morgan fingerprint density at radius 1 is 1.42 bits per heavy atom. The minimum absolute atomic E-state index is 0.0224. The second-order valence-electron chi connectivity index (χ2n) is 6.56. The smallest absolute Gasteiger partial charge is 0.340 e. The first kappa shape index (κ1) is 18.1. The largest absolute Gasteiger partial charge is 0.461 e. The Bertz CT molecular complexity index is 670. The van der Waals surface area contributed by atoms with Gasteiger partial charge in [-0.1, -0.05) is 13.8 Å². The summed E-state index contributed by atoms with van der Waals surface area (Å²) in [7, 11) is 3.80. The molecule has 7 heteroatoms. The third kappa shape index (κ3) is 3.62. The first-order valence-electron chi connectivity index (χ1n) is 7.94. The van der Waals surface area contributed by atoms with Crippen LogP contribution >= 0.6 is 0 Å². The third-order valence-electron chi connectivity index (χ3n) is 4.18. The average molecular weight is 332 g/mol. The van der Waals surface area contributed by atoms with Crippen molar-refractivity contribution in [2.24, 2.45) is 10.9 Å². The molecule has 1 aliphatic heterocycles. The van der Waals surface area contributed by atoms with Gasteiger partial charge in [0, 0.05) is 12.7 Å². The van der Waals surface area contributed by atoms with E-state index >= 15 is 0 Å². The maximum absolute atomic E-state index is 12.3. The number of amides is 1. The van der Waals surface area contributed by atoms with E-state index < -0.39 is 11.5 Å². The molecule has 130 valence electrons. The van der Waals surface area contributed by atoms with Crippen LogP contribution in [0.3, 0.4) is 0 Å². The summed E-state index contributed by atoms with van der Waals surface area (Å²) < 4.78 is 5.28. The molecule has 1 aromatic heterocycles. The lowest BCUT2D eigenvalue weighted by atomic mass is 9.89. The summed E-state index contributed by atoms with van der Waals surface area (Å²) in [5.41, 5.74) is -0.229. The van der Waals surface area contributed by atoms with E-state index in [9.17, 15) is 9.59 Å². The van der Waals surface area contributed by atoms with Crippen molar-refractivity contribution >= 4 is 17.7 Å². The van der Waals surface area contributed by atoms with E-state index in [0.29, 0.717) is 23.6 Å². The summed E-state index contributed by atoms with van der Waals surface area (Å²) >= 11 is 0. The highest BCUT2D eigenvalue weighted by Gasteiger charge is 2.43. The number of esters is 1. The second-order valence-corrected chi connectivity index (χ2v) is 6.56. The fourth-order valence-electron chi connectivity index (χ4n) is 2.21. The van der Waals surface area contributed by atoms with Crippen LogP contribution in [-0.4, -0.2) is 60.4 Å². The Hall–Kier alpha value is -2.28. The molecule has 1 N–H and O–H groups in total. The van der Waals surface area contributed by atoms with Gasteiger partial charge < -0.3 is 15.0 Å². The number of amidine groups is 1. The SMILES string of the molecule is CC(C)C1(C)N=C(c2ncccc2C(=O)OCCN(C)C)NC1=O. The van der Waals surface area contributed by atoms with Crippen molar-refractivity contribution in [3.8, 4) is 0 Å². The van der Waals surface area contributed by atoms with E-state index in [1.54, 1.807) is 25.3 Å². The molecule has 1 unspecified atom stereocenters. The number of likely N-dealkylation sites (N-methyl/N-ethyl adjacent to an activating group) is 1. The quantitative estimate of drug-likeness (QED) is 0.789. The van der Waals surface area contributed by atoms with Crippen molar-refractivity contribution in [1.29, 1.82) is 0 Å². The predicted octanol–water partition coefficient (Wildman–Crippen LogP) is 1.09. The van der Waals surface area contributed by atoms with E-state index in [0.717, 1.165) is 0 Å². The van der Waals surface area contributed by atoms with Crippen molar-refractivity contribution in [3.63, 3.8) is 0 Å². The molecule has 2 heterocycles. The van der Waals surface area contributed by atoms with Crippen LogP contribution in [0.15, 0.2) is 23.3 Å². The predicted molar refractivity (Wildman–Crippen MR) is 91.0 cm³/mol. The van der Waals surface area contributed by atoms with E-state index in [1.165, 1.54) is 0 Å². The molecule has 0 radical (unpaired) electrons. The number of carbonyl (C=O) groups is 2. The number of rotatable bonds is 6. The molecule has 7 nitrogen and oxygen atoms in total. The fourth-order valence-corrected chi connectivity index (χ4v) is 2.21. The molecule has 1 amide bonds. The normalized spacial score (nSPS) is 20.3. The zero-order valence-electron chi connectivity index (χ0n) is 14.8. The number of nitrogens with zero attached hydrogens (tertiary/aromatic N) is 3. The molecule has 0 saturated carbocycles. The first-order chi connectivity index (χ1) is 11.3. The van der Waals surface area contributed by atoms with Gasteiger partial charge in [-0.05, 0) is 39.1 Å². The molecule has 1 atom stereocenters. The van der Waals surface area contributed by atoms with Gasteiger partial charge in [-0.25, -0.2) is 9.79 Å². The van der Waals surface area contributed by atoms with Gasteiger partial charge in [0.25, 0.3) is 5.91 Å². The summed E-state index contributed by atoms with van der Waals surface area (Å²) in [5.74, 6) is -0.328. The summed E-state index contributed by atoms with van der Waals surface area (Å²) in [5, 5.41) is 2.74. The molecule has 2 rings (SSSR count). The molecule has 1 aliphatic rings. The maximum atomic E-state index is 12.3. The monoisotopic (exact) mass is 332 g/mol. The number of aliphatic imine (C=N–C) groups is 1. The molecule has 0 aromatic carbocycles. The lowest BCUT2D eigenvalue weighted by Crippen LogP contribution is -2.41. The molecule has 24 heavy (non-hydrogen) atoms. The van der Waals surface area contributed by atoms with Gasteiger partial charge in [-0.2, -0.15) is 0 Å². The zero-order chi connectivity index (χ0) is 17.9. The summed E-state index contributed by atoms with van der Waals surface area (Å²) in [6.07, 6.45) is 1.56. The van der Waals surface area contributed by atoms with Gasteiger partial charge in [0.1, 0.15) is 17.8 Å². The van der Waals surface area contributed by atoms with E-state index in [4.69, 9.17) is 4.74 Å². The lowest BCUT2D eigenvalue weighted by Gasteiger charge is -2.21. The summed E-state index contributed by atoms with van der Waals surface area (Å²) in [4.78, 5) is 35.3. The minimum Gasteiger partial charge on any atom is -0.461 e. The Kier molecular flexibility index (Phi) is 5.33. The van der Waals surface area contributed by atoms with Gasteiger partial charge in [-0.15, -0.1) is 0 Å². The Labute approximate surface area is 142 Å². The molecular weight excluding hydrogens is 308 g/mol. The topological polar surface area (TPSA) is 83.9 Å². The number of ether oxygens (including phenoxy) is 1. The van der Waals surface area contributed by atoms with Crippen LogP contribution in [0, 0.1) is 5.92 Å². The van der Waals surface area contributed by atoms with E-state index in [-0.39, 0.29) is 18.4 Å². The van der Waals surface area contributed by atoms with Crippen molar-refractivity contribution in [3.05, 3.63) is 29.6 Å². The highest BCUT2D eigenvalue weighted by molar-refractivity contribution is 6.17. The molecule has 0 saturated heterocycles. The summed E-state index contributed by atoms with van der Waals surface area (Å²) in [6.45, 7) is 6.55. The summed E-state index contributed by atoms with van der Waals surface area (Å²) in [6, 6.07) is 3.28. The van der Waals surface area contributed by atoms with Crippen LogP contribution < -0.4 is 5.32 Å². The highest BCUT2D eigenvalue weighted by atomic mass is 16.5. The van der Waals surface area contributed by atoms with Crippen molar-refractivity contribution < 1.29 is 14.3 Å². The zero-order valence-corrected chi connectivity index (χ0v) is 14.8. The maximum Gasteiger partial charge on any atom is 0.340 e. The fraction of sp³-hybridized carbons (Fsp3) is 0.529. The van der Waals surface area contributed by atoms with Gasteiger partial charge in [-0.3, -0.25) is 9.78 Å². The Balaban J connectivity index is 2.27. The number of nitrogens with one attached hydrogen (secondary N) is 1. The standard InChI is InChI=1S/C17H24N4O3/c1-11(2)17(3)16(23)19-14(20-17)13-12(7-6-8-18-13)15(22)24-10-9-21(4)5/h6-8,11H,9-10H2,1-5H3,(H,19,20,23). The lowest BCUT2D eigenvalue weighted by molar-refractivity contribution is -0.124. The van der Waals surface area contributed by atoms with Crippen LogP contribution in [0.2, 0.25) is 0 Å².